The highest BCUT2D eigenvalue weighted by atomic mass is 16.5. The normalized spacial score (nSPS) is 15.1. The average molecular weight is 285 g/mol. The predicted octanol–water partition coefficient (Wildman–Crippen LogP) is 1.39. The van der Waals surface area contributed by atoms with Gasteiger partial charge in [0, 0.05) is 37.9 Å². The molecule has 0 bridgehead atoms. The third kappa shape index (κ3) is 2.99. The van der Waals surface area contributed by atoms with Crippen LogP contribution in [0.5, 0.6) is 5.88 Å². The number of benzene rings is 1. The molecule has 1 saturated heterocycles. The second kappa shape index (κ2) is 5.87. The summed E-state index contributed by atoms with van der Waals surface area (Å²) in [6.07, 6.45) is 0. The second-order valence-electron chi connectivity index (χ2n) is 4.94. The lowest BCUT2D eigenvalue weighted by atomic mass is 10.2. The molecule has 0 radical (unpaired) electrons. The van der Waals surface area contributed by atoms with E-state index in [9.17, 15) is 0 Å². The van der Waals surface area contributed by atoms with Gasteiger partial charge < -0.3 is 20.3 Å². The molecule has 1 aliphatic rings. The van der Waals surface area contributed by atoms with Crippen molar-refractivity contribution in [1.29, 1.82) is 0 Å². The molecule has 1 aromatic carbocycles. The predicted molar refractivity (Wildman–Crippen MR) is 83.9 cm³/mol. The van der Waals surface area contributed by atoms with Crippen LogP contribution in [0.15, 0.2) is 36.4 Å². The summed E-state index contributed by atoms with van der Waals surface area (Å²) in [5.74, 6) is 1.57. The van der Waals surface area contributed by atoms with Gasteiger partial charge in [0.15, 0.2) is 0 Å². The fourth-order valence-electron chi connectivity index (χ4n) is 2.53. The van der Waals surface area contributed by atoms with E-state index in [1.54, 1.807) is 7.11 Å². The van der Waals surface area contributed by atoms with Crippen molar-refractivity contribution in [3.05, 3.63) is 36.4 Å². The van der Waals surface area contributed by atoms with E-state index in [4.69, 9.17) is 10.5 Å². The summed E-state index contributed by atoms with van der Waals surface area (Å²) in [5.41, 5.74) is 6.98. The second-order valence-corrected chi connectivity index (χ2v) is 4.94. The highest BCUT2D eigenvalue weighted by Gasteiger charge is 2.19. The van der Waals surface area contributed by atoms with Crippen LogP contribution in [0, 0.1) is 0 Å². The van der Waals surface area contributed by atoms with Crippen LogP contribution in [0.4, 0.5) is 17.5 Å². The number of anilines is 3. The lowest BCUT2D eigenvalue weighted by Gasteiger charge is -2.36. The summed E-state index contributed by atoms with van der Waals surface area (Å²) in [5, 5.41) is 0. The molecule has 0 aliphatic carbocycles. The van der Waals surface area contributed by atoms with E-state index >= 15 is 0 Å². The standard InChI is InChI=1S/C15H19N5O/c1-21-14-11-13(17-15(16)18-14)20-9-7-19(8-10-20)12-5-3-2-4-6-12/h2-6,11H,7-10H2,1H3,(H2,16,17,18). The Bertz CT molecular complexity index is 596. The molecular weight excluding hydrogens is 266 g/mol. The van der Waals surface area contributed by atoms with Crippen molar-refractivity contribution in [1.82, 2.24) is 9.97 Å². The molecule has 2 aromatic rings. The molecule has 1 aromatic heterocycles. The molecule has 0 saturated carbocycles. The van der Waals surface area contributed by atoms with Crippen LogP contribution >= 0.6 is 0 Å². The Labute approximate surface area is 124 Å². The molecule has 21 heavy (non-hydrogen) atoms. The van der Waals surface area contributed by atoms with E-state index in [1.807, 2.05) is 12.1 Å². The van der Waals surface area contributed by atoms with Crippen LogP contribution in [0.3, 0.4) is 0 Å². The first-order chi connectivity index (χ1) is 10.3. The van der Waals surface area contributed by atoms with Crippen molar-refractivity contribution in [3.63, 3.8) is 0 Å². The average Bonchev–Trinajstić information content (AvgIpc) is 2.55. The number of nitrogen functional groups attached to an aromatic ring is 1. The molecule has 2 N–H and O–H groups in total. The number of ether oxygens (including phenoxy) is 1. The minimum absolute atomic E-state index is 0.245. The van der Waals surface area contributed by atoms with Crippen molar-refractivity contribution in [2.45, 2.75) is 0 Å². The van der Waals surface area contributed by atoms with Gasteiger partial charge >= 0.3 is 0 Å². The van der Waals surface area contributed by atoms with Crippen LogP contribution in [0.1, 0.15) is 0 Å². The molecule has 110 valence electrons. The third-order valence-corrected chi connectivity index (χ3v) is 3.64. The lowest BCUT2D eigenvalue weighted by molar-refractivity contribution is 0.397. The molecule has 0 spiro atoms. The lowest BCUT2D eigenvalue weighted by Crippen LogP contribution is -2.46. The maximum atomic E-state index is 5.72. The number of rotatable bonds is 3. The number of hydrogen-bond donors (Lipinski definition) is 1. The number of nitrogens with two attached hydrogens (primary N) is 1. The number of methoxy groups -OCH3 is 1. The molecule has 0 amide bonds. The van der Waals surface area contributed by atoms with Crippen LogP contribution in [-0.4, -0.2) is 43.3 Å². The van der Waals surface area contributed by atoms with Crippen molar-refractivity contribution < 1.29 is 4.74 Å². The molecule has 6 nitrogen and oxygen atoms in total. The monoisotopic (exact) mass is 285 g/mol. The minimum Gasteiger partial charge on any atom is -0.481 e. The Morgan fingerprint density at radius 1 is 1.00 bits per heavy atom. The Morgan fingerprint density at radius 3 is 2.33 bits per heavy atom. The van der Waals surface area contributed by atoms with Crippen LogP contribution in [0.2, 0.25) is 0 Å². The summed E-state index contributed by atoms with van der Waals surface area (Å²) < 4.78 is 5.15. The Balaban J connectivity index is 1.70. The largest absolute Gasteiger partial charge is 0.481 e. The molecule has 0 atom stereocenters. The van der Waals surface area contributed by atoms with Gasteiger partial charge in [-0.15, -0.1) is 0 Å². The third-order valence-electron chi connectivity index (χ3n) is 3.64. The number of piperazine rings is 1. The number of aromatic nitrogens is 2. The van der Waals surface area contributed by atoms with E-state index in [-0.39, 0.29) is 5.95 Å². The Morgan fingerprint density at radius 2 is 1.67 bits per heavy atom. The van der Waals surface area contributed by atoms with Gasteiger partial charge in [0.25, 0.3) is 0 Å². The molecule has 0 unspecified atom stereocenters. The zero-order valence-electron chi connectivity index (χ0n) is 12.1. The molecular formula is C15H19N5O. The smallest absolute Gasteiger partial charge is 0.225 e. The van der Waals surface area contributed by atoms with Gasteiger partial charge in [-0.05, 0) is 12.1 Å². The van der Waals surface area contributed by atoms with Crippen LogP contribution in [0.25, 0.3) is 0 Å². The topological polar surface area (TPSA) is 67.5 Å². The van der Waals surface area contributed by atoms with Gasteiger partial charge in [0.2, 0.25) is 11.8 Å². The molecule has 1 aliphatic heterocycles. The quantitative estimate of drug-likeness (QED) is 0.919. The minimum atomic E-state index is 0.245. The zero-order chi connectivity index (χ0) is 14.7. The van der Waals surface area contributed by atoms with Crippen LogP contribution < -0.4 is 20.3 Å². The van der Waals surface area contributed by atoms with Crippen molar-refractivity contribution >= 4 is 17.5 Å². The summed E-state index contributed by atoms with van der Waals surface area (Å²) in [7, 11) is 1.58. The highest BCUT2D eigenvalue weighted by Crippen LogP contribution is 2.22. The van der Waals surface area contributed by atoms with E-state index in [0.717, 1.165) is 32.0 Å². The first-order valence-electron chi connectivity index (χ1n) is 7.00. The van der Waals surface area contributed by atoms with Gasteiger partial charge in [0.1, 0.15) is 5.82 Å². The van der Waals surface area contributed by atoms with Gasteiger partial charge in [-0.3, -0.25) is 0 Å². The first-order valence-corrected chi connectivity index (χ1v) is 7.00. The summed E-state index contributed by atoms with van der Waals surface area (Å²) >= 11 is 0. The zero-order valence-corrected chi connectivity index (χ0v) is 12.1. The molecule has 3 rings (SSSR count). The number of para-hydroxylation sites is 1. The molecule has 6 heteroatoms. The molecule has 1 fully saturated rings. The SMILES string of the molecule is COc1cc(N2CCN(c3ccccc3)CC2)nc(N)n1. The summed E-state index contributed by atoms with van der Waals surface area (Å²) in [6.45, 7) is 3.70. The van der Waals surface area contributed by atoms with E-state index in [1.165, 1.54) is 5.69 Å². The summed E-state index contributed by atoms with van der Waals surface area (Å²) in [6, 6.07) is 12.3. The Kier molecular flexibility index (Phi) is 3.77. The van der Waals surface area contributed by atoms with E-state index in [0.29, 0.717) is 5.88 Å². The van der Waals surface area contributed by atoms with Gasteiger partial charge in [-0.1, -0.05) is 18.2 Å². The van der Waals surface area contributed by atoms with Gasteiger partial charge in [0.05, 0.1) is 7.11 Å². The highest BCUT2D eigenvalue weighted by molar-refractivity contribution is 5.50. The maximum Gasteiger partial charge on any atom is 0.225 e. The fraction of sp³-hybridized carbons (Fsp3) is 0.333. The maximum absolute atomic E-state index is 5.72. The van der Waals surface area contributed by atoms with Crippen molar-refractivity contribution in [2.75, 3.05) is 48.8 Å². The Hall–Kier alpha value is -2.50. The number of nitrogens with zero attached hydrogens (tertiary/aromatic N) is 4. The van der Waals surface area contributed by atoms with Crippen molar-refractivity contribution in [2.24, 2.45) is 0 Å². The van der Waals surface area contributed by atoms with Crippen LogP contribution in [-0.2, 0) is 0 Å². The van der Waals surface area contributed by atoms with Gasteiger partial charge in [-0.2, -0.15) is 9.97 Å². The first kappa shape index (κ1) is 13.5. The van der Waals surface area contributed by atoms with E-state index < -0.39 is 0 Å². The number of hydrogen-bond acceptors (Lipinski definition) is 6. The molecule has 2 heterocycles. The summed E-state index contributed by atoms with van der Waals surface area (Å²) in [4.78, 5) is 12.9. The van der Waals surface area contributed by atoms with E-state index in [2.05, 4.69) is 44.0 Å². The fourth-order valence-corrected chi connectivity index (χ4v) is 2.53. The van der Waals surface area contributed by atoms with Gasteiger partial charge in [-0.25, -0.2) is 0 Å². The van der Waals surface area contributed by atoms with Crippen molar-refractivity contribution in [3.8, 4) is 5.88 Å².